The second-order valence-electron chi connectivity index (χ2n) is 3.55. The first-order valence-corrected chi connectivity index (χ1v) is 4.36. The maximum atomic E-state index is 5.40. The molecule has 0 aromatic rings. The SMILES string of the molecule is CO[C@@H]1CCOC[C@@H]1C(C)C. The van der Waals surface area contributed by atoms with E-state index in [1.165, 1.54) is 0 Å². The second-order valence-corrected chi connectivity index (χ2v) is 3.55. The highest BCUT2D eigenvalue weighted by molar-refractivity contribution is 4.76. The van der Waals surface area contributed by atoms with Gasteiger partial charge in [-0.2, -0.15) is 0 Å². The van der Waals surface area contributed by atoms with E-state index in [-0.39, 0.29) is 0 Å². The van der Waals surface area contributed by atoms with Gasteiger partial charge in [0.25, 0.3) is 0 Å². The molecule has 0 aromatic heterocycles. The molecule has 2 nitrogen and oxygen atoms in total. The fourth-order valence-corrected chi connectivity index (χ4v) is 1.65. The third kappa shape index (κ3) is 2.17. The molecule has 0 unspecified atom stereocenters. The van der Waals surface area contributed by atoms with E-state index in [1.807, 2.05) is 0 Å². The van der Waals surface area contributed by atoms with Crippen molar-refractivity contribution in [3.63, 3.8) is 0 Å². The molecule has 1 heterocycles. The number of ether oxygens (including phenoxy) is 2. The first-order chi connectivity index (χ1) is 5.25. The van der Waals surface area contributed by atoms with Gasteiger partial charge in [0, 0.05) is 19.6 Å². The van der Waals surface area contributed by atoms with Gasteiger partial charge in [-0.25, -0.2) is 0 Å². The smallest absolute Gasteiger partial charge is 0.0645 e. The number of rotatable bonds is 2. The van der Waals surface area contributed by atoms with E-state index in [2.05, 4.69) is 13.8 Å². The zero-order valence-electron chi connectivity index (χ0n) is 7.67. The number of hydrogen-bond acceptors (Lipinski definition) is 2. The maximum absolute atomic E-state index is 5.40. The third-order valence-corrected chi connectivity index (χ3v) is 2.49. The highest BCUT2D eigenvalue weighted by Crippen LogP contribution is 2.24. The Labute approximate surface area is 68.9 Å². The first kappa shape index (κ1) is 9.01. The van der Waals surface area contributed by atoms with Crippen LogP contribution in [0.3, 0.4) is 0 Å². The van der Waals surface area contributed by atoms with E-state index in [0.717, 1.165) is 19.6 Å². The van der Waals surface area contributed by atoms with Crippen molar-refractivity contribution in [2.45, 2.75) is 26.4 Å². The third-order valence-electron chi connectivity index (χ3n) is 2.49. The topological polar surface area (TPSA) is 18.5 Å². The Morgan fingerprint density at radius 1 is 1.45 bits per heavy atom. The van der Waals surface area contributed by atoms with Crippen molar-refractivity contribution in [1.82, 2.24) is 0 Å². The molecule has 2 heteroatoms. The van der Waals surface area contributed by atoms with Gasteiger partial charge in [0.05, 0.1) is 12.7 Å². The second kappa shape index (κ2) is 4.07. The summed E-state index contributed by atoms with van der Waals surface area (Å²) in [5.41, 5.74) is 0. The Morgan fingerprint density at radius 3 is 2.64 bits per heavy atom. The monoisotopic (exact) mass is 158 g/mol. The Morgan fingerprint density at radius 2 is 2.18 bits per heavy atom. The van der Waals surface area contributed by atoms with Crippen molar-refractivity contribution in [3.05, 3.63) is 0 Å². The molecule has 0 amide bonds. The van der Waals surface area contributed by atoms with Crippen LogP contribution in [0.2, 0.25) is 0 Å². The summed E-state index contributed by atoms with van der Waals surface area (Å²) in [4.78, 5) is 0. The van der Waals surface area contributed by atoms with E-state index in [4.69, 9.17) is 9.47 Å². The molecule has 1 saturated heterocycles. The van der Waals surface area contributed by atoms with E-state index >= 15 is 0 Å². The first-order valence-electron chi connectivity index (χ1n) is 4.36. The number of hydrogen-bond donors (Lipinski definition) is 0. The Hall–Kier alpha value is -0.0800. The molecule has 1 rings (SSSR count). The summed E-state index contributed by atoms with van der Waals surface area (Å²) in [6, 6.07) is 0. The number of methoxy groups -OCH3 is 1. The van der Waals surface area contributed by atoms with Crippen LogP contribution < -0.4 is 0 Å². The zero-order chi connectivity index (χ0) is 8.27. The van der Waals surface area contributed by atoms with Crippen LogP contribution in [0.4, 0.5) is 0 Å². The summed E-state index contributed by atoms with van der Waals surface area (Å²) < 4.78 is 10.8. The predicted molar refractivity (Wildman–Crippen MR) is 44.6 cm³/mol. The zero-order valence-corrected chi connectivity index (χ0v) is 7.67. The van der Waals surface area contributed by atoms with E-state index < -0.39 is 0 Å². The normalized spacial score (nSPS) is 32.7. The van der Waals surface area contributed by atoms with Gasteiger partial charge in [0.2, 0.25) is 0 Å². The van der Waals surface area contributed by atoms with Gasteiger partial charge in [-0.3, -0.25) is 0 Å². The van der Waals surface area contributed by atoms with E-state index in [1.54, 1.807) is 7.11 Å². The van der Waals surface area contributed by atoms with Crippen molar-refractivity contribution in [2.24, 2.45) is 11.8 Å². The molecular weight excluding hydrogens is 140 g/mol. The molecule has 0 N–H and O–H groups in total. The molecule has 11 heavy (non-hydrogen) atoms. The van der Waals surface area contributed by atoms with Crippen molar-refractivity contribution in [2.75, 3.05) is 20.3 Å². The van der Waals surface area contributed by atoms with Gasteiger partial charge in [0.1, 0.15) is 0 Å². The minimum atomic E-state index is 0.420. The standard InChI is InChI=1S/C9H18O2/c1-7(2)8-6-11-5-4-9(8)10-3/h7-9H,4-6H2,1-3H3/t8-,9-/m1/s1. The molecule has 1 aliphatic heterocycles. The highest BCUT2D eigenvalue weighted by atomic mass is 16.5. The van der Waals surface area contributed by atoms with Crippen LogP contribution in [-0.4, -0.2) is 26.4 Å². The van der Waals surface area contributed by atoms with Gasteiger partial charge in [-0.05, 0) is 12.3 Å². The van der Waals surface area contributed by atoms with Gasteiger partial charge in [0.15, 0.2) is 0 Å². The molecule has 1 aliphatic rings. The lowest BCUT2D eigenvalue weighted by atomic mass is 9.88. The van der Waals surface area contributed by atoms with Crippen LogP contribution in [0.15, 0.2) is 0 Å². The maximum Gasteiger partial charge on any atom is 0.0645 e. The van der Waals surface area contributed by atoms with Crippen molar-refractivity contribution >= 4 is 0 Å². The summed E-state index contributed by atoms with van der Waals surface area (Å²) in [6.45, 7) is 6.19. The molecule has 0 spiro atoms. The summed E-state index contributed by atoms with van der Waals surface area (Å²) in [7, 11) is 1.80. The molecule has 0 radical (unpaired) electrons. The van der Waals surface area contributed by atoms with E-state index in [0.29, 0.717) is 17.9 Å². The lowest BCUT2D eigenvalue weighted by molar-refractivity contribution is -0.0710. The van der Waals surface area contributed by atoms with Crippen LogP contribution in [0.25, 0.3) is 0 Å². The molecular formula is C9H18O2. The van der Waals surface area contributed by atoms with Crippen molar-refractivity contribution < 1.29 is 9.47 Å². The largest absolute Gasteiger partial charge is 0.381 e. The molecule has 0 aliphatic carbocycles. The van der Waals surface area contributed by atoms with Gasteiger partial charge < -0.3 is 9.47 Å². The van der Waals surface area contributed by atoms with Crippen LogP contribution >= 0.6 is 0 Å². The minimum Gasteiger partial charge on any atom is -0.381 e. The molecule has 0 saturated carbocycles. The van der Waals surface area contributed by atoms with Crippen LogP contribution in [0.1, 0.15) is 20.3 Å². The summed E-state index contributed by atoms with van der Waals surface area (Å²) in [6.07, 6.45) is 1.48. The van der Waals surface area contributed by atoms with Crippen LogP contribution in [-0.2, 0) is 9.47 Å². The van der Waals surface area contributed by atoms with Crippen molar-refractivity contribution in [3.8, 4) is 0 Å². The summed E-state index contributed by atoms with van der Waals surface area (Å²) in [5.74, 6) is 1.26. The lowest BCUT2D eigenvalue weighted by Gasteiger charge is -2.32. The summed E-state index contributed by atoms with van der Waals surface area (Å²) in [5, 5.41) is 0. The molecule has 66 valence electrons. The summed E-state index contributed by atoms with van der Waals surface area (Å²) >= 11 is 0. The Kier molecular flexibility index (Phi) is 3.34. The minimum absolute atomic E-state index is 0.420. The quantitative estimate of drug-likeness (QED) is 0.609. The van der Waals surface area contributed by atoms with Gasteiger partial charge in [-0.1, -0.05) is 13.8 Å². The predicted octanol–water partition coefficient (Wildman–Crippen LogP) is 1.69. The van der Waals surface area contributed by atoms with Crippen molar-refractivity contribution in [1.29, 1.82) is 0 Å². The van der Waals surface area contributed by atoms with Crippen LogP contribution in [0.5, 0.6) is 0 Å². The van der Waals surface area contributed by atoms with Gasteiger partial charge in [-0.15, -0.1) is 0 Å². The van der Waals surface area contributed by atoms with Gasteiger partial charge >= 0.3 is 0 Å². The Balaban J connectivity index is 2.44. The molecule has 2 atom stereocenters. The molecule has 1 fully saturated rings. The Bertz CT molecular complexity index is 112. The molecule has 0 bridgehead atoms. The molecule has 0 aromatic carbocycles. The fourth-order valence-electron chi connectivity index (χ4n) is 1.65. The lowest BCUT2D eigenvalue weighted by Crippen LogP contribution is -2.36. The average molecular weight is 158 g/mol. The fraction of sp³-hybridized carbons (Fsp3) is 1.00. The highest BCUT2D eigenvalue weighted by Gasteiger charge is 2.27. The van der Waals surface area contributed by atoms with Crippen LogP contribution in [0, 0.1) is 11.8 Å². The van der Waals surface area contributed by atoms with E-state index in [9.17, 15) is 0 Å². The average Bonchev–Trinajstić information content (AvgIpc) is 2.04.